The molecule has 3 aromatic carbocycles. The molecule has 5 aromatic rings. The summed E-state index contributed by atoms with van der Waals surface area (Å²) in [5.74, 6) is 0.886. The number of phenolic OH excluding ortho intramolecular Hbond substituents is 1. The number of benzene rings is 3. The average Bonchev–Trinajstić information content (AvgIpc) is 3.33. The molecule has 0 bridgehead atoms. The van der Waals surface area contributed by atoms with E-state index in [0.717, 1.165) is 11.1 Å². The number of rotatable bonds is 6. The molecule has 0 spiro atoms. The van der Waals surface area contributed by atoms with Gasteiger partial charge < -0.3 is 24.4 Å². The van der Waals surface area contributed by atoms with Crippen molar-refractivity contribution in [2.24, 2.45) is 0 Å². The Kier molecular flexibility index (Phi) is 6.04. The van der Waals surface area contributed by atoms with Crippen LogP contribution in [-0.4, -0.2) is 27.3 Å². The minimum absolute atomic E-state index is 0.0236. The molecule has 2 heterocycles. The third-order valence-electron chi connectivity index (χ3n) is 5.91. The second kappa shape index (κ2) is 9.46. The van der Waals surface area contributed by atoms with Crippen molar-refractivity contribution >= 4 is 0 Å². The molecule has 0 unspecified atom stereocenters. The largest absolute Gasteiger partial charge is 0.507 e. The number of H-pyrrole nitrogens is 1. The Morgan fingerprint density at radius 2 is 1.69 bits per heavy atom. The molecule has 0 saturated carbocycles. The lowest BCUT2D eigenvalue weighted by Crippen LogP contribution is -2.01. The highest BCUT2D eigenvalue weighted by molar-refractivity contribution is 5.82. The first-order valence-electron chi connectivity index (χ1n) is 11.4. The van der Waals surface area contributed by atoms with E-state index < -0.39 is 11.2 Å². The number of aromatic hydroxyl groups is 2. The first-order valence-corrected chi connectivity index (χ1v) is 11.4. The first-order chi connectivity index (χ1) is 17.4. The molecule has 0 aliphatic heterocycles. The quantitative estimate of drug-likeness (QED) is 0.288. The van der Waals surface area contributed by atoms with Gasteiger partial charge in [0.15, 0.2) is 5.76 Å². The highest BCUT2D eigenvalue weighted by Gasteiger charge is 2.23. The standard InChI is InChI=1S/C29H24N2O5/c1-17-14-24(33)27(34)28(36-17)26-25(20-9-11-21(35-2)12-10-20)30-29(31-26)22-16-19(8-13-23(22)32)15-18-6-4-3-5-7-18/h3-14,16,32,34H,15H2,1-2H3,(H,30,31). The maximum atomic E-state index is 12.3. The van der Waals surface area contributed by atoms with Crippen molar-refractivity contribution in [3.63, 3.8) is 0 Å². The summed E-state index contributed by atoms with van der Waals surface area (Å²) < 4.78 is 11.0. The Balaban J connectivity index is 1.67. The van der Waals surface area contributed by atoms with Gasteiger partial charge in [0.1, 0.15) is 34.5 Å². The molecular formula is C29H24N2O5. The Morgan fingerprint density at radius 1 is 0.944 bits per heavy atom. The third kappa shape index (κ3) is 4.46. The number of nitrogens with one attached hydrogen (secondary N) is 1. The number of ether oxygens (including phenoxy) is 1. The van der Waals surface area contributed by atoms with Crippen molar-refractivity contribution in [2.75, 3.05) is 7.11 Å². The van der Waals surface area contributed by atoms with E-state index in [1.165, 1.54) is 6.07 Å². The fraction of sp³-hybridized carbons (Fsp3) is 0.103. The van der Waals surface area contributed by atoms with Gasteiger partial charge in [-0.2, -0.15) is 0 Å². The van der Waals surface area contributed by atoms with Gasteiger partial charge in [-0.25, -0.2) is 4.98 Å². The van der Waals surface area contributed by atoms with E-state index in [4.69, 9.17) is 14.1 Å². The van der Waals surface area contributed by atoms with Crippen LogP contribution < -0.4 is 10.2 Å². The number of hydrogen-bond acceptors (Lipinski definition) is 6. The van der Waals surface area contributed by atoms with E-state index in [9.17, 15) is 15.0 Å². The van der Waals surface area contributed by atoms with Gasteiger partial charge in [0.2, 0.25) is 11.2 Å². The van der Waals surface area contributed by atoms with Crippen LogP contribution in [0, 0.1) is 6.92 Å². The highest BCUT2D eigenvalue weighted by atomic mass is 16.5. The van der Waals surface area contributed by atoms with Gasteiger partial charge in [-0.15, -0.1) is 0 Å². The van der Waals surface area contributed by atoms with Crippen LogP contribution in [0.25, 0.3) is 34.1 Å². The molecule has 0 atom stereocenters. The molecule has 36 heavy (non-hydrogen) atoms. The van der Waals surface area contributed by atoms with Gasteiger partial charge in [0.05, 0.1) is 12.7 Å². The van der Waals surface area contributed by atoms with Gasteiger partial charge in [-0.05, 0) is 60.9 Å². The van der Waals surface area contributed by atoms with Crippen LogP contribution in [-0.2, 0) is 6.42 Å². The first kappa shape index (κ1) is 23.0. The van der Waals surface area contributed by atoms with Gasteiger partial charge in [0, 0.05) is 11.6 Å². The summed E-state index contributed by atoms with van der Waals surface area (Å²) in [4.78, 5) is 20.2. The fourth-order valence-corrected chi connectivity index (χ4v) is 4.11. The number of aryl methyl sites for hydroxylation is 1. The van der Waals surface area contributed by atoms with E-state index in [-0.39, 0.29) is 11.5 Å². The topological polar surface area (TPSA) is 109 Å². The molecule has 7 heteroatoms. The summed E-state index contributed by atoms with van der Waals surface area (Å²) >= 11 is 0. The van der Waals surface area contributed by atoms with Crippen LogP contribution in [0.4, 0.5) is 0 Å². The zero-order valence-corrected chi connectivity index (χ0v) is 19.8. The summed E-state index contributed by atoms with van der Waals surface area (Å²) in [5, 5.41) is 21.3. The molecule has 7 nitrogen and oxygen atoms in total. The zero-order valence-electron chi connectivity index (χ0n) is 19.8. The average molecular weight is 481 g/mol. The molecule has 0 saturated heterocycles. The lowest BCUT2D eigenvalue weighted by Gasteiger charge is -2.07. The van der Waals surface area contributed by atoms with Crippen LogP contribution in [0.2, 0.25) is 0 Å². The van der Waals surface area contributed by atoms with Crippen LogP contribution in [0.1, 0.15) is 16.9 Å². The van der Waals surface area contributed by atoms with E-state index in [1.807, 2.05) is 54.6 Å². The number of nitrogens with zero attached hydrogens (tertiary/aromatic N) is 1. The molecule has 0 aliphatic carbocycles. The van der Waals surface area contributed by atoms with E-state index in [2.05, 4.69) is 4.98 Å². The molecule has 2 aromatic heterocycles. The molecule has 0 fully saturated rings. The second-order valence-electron chi connectivity index (χ2n) is 8.45. The number of methoxy groups -OCH3 is 1. The van der Waals surface area contributed by atoms with Gasteiger partial charge >= 0.3 is 0 Å². The van der Waals surface area contributed by atoms with Crippen LogP contribution in [0.15, 0.2) is 88.1 Å². The van der Waals surface area contributed by atoms with Crippen molar-refractivity contribution < 1.29 is 19.4 Å². The Hall–Kier alpha value is -4.78. The van der Waals surface area contributed by atoms with Crippen molar-refractivity contribution in [2.45, 2.75) is 13.3 Å². The van der Waals surface area contributed by atoms with Gasteiger partial charge in [0.25, 0.3) is 0 Å². The predicted octanol–water partition coefficient (Wildman–Crippen LogP) is 5.68. The smallest absolute Gasteiger partial charge is 0.227 e. The minimum Gasteiger partial charge on any atom is -0.507 e. The fourth-order valence-electron chi connectivity index (χ4n) is 4.11. The highest BCUT2D eigenvalue weighted by Crippen LogP contribution is 2.39. The summed E-state index contributed by atoms with van der Waals surface area (Å²) in [6.45, 7) is 1.63. The molecule has 5 rings (SSSR count). The monoisotopic (exact) mass is 480 g/mol. The molecule has 0 aliphatic rings. The molecule has 180 valence electrons. The molecule has 3 N–H and O–H groups in total. The van der Waals surface area contributed by atoms with Gasteiger partial charge in [-0.3, -0.25) is 4.79 Å². The molecule has 0 amide bonds. The van der Waals surface area contributed by atoms with E-state index in [1.54, 1.807) is 32.2 Å². The van der Waals surface area contributed by atoms with Crippen LogP contribution >= 0.6 is 0 Å². The summed E-state index contributed by atoms with van der Waals surface area (Å²) in [7, 11) is 1.58. The number of imidazole rings is 1. The number of hydrogen-bond donors (Lipinski definition) is 3. The number of aromatic nitrogens is 2. The Bertz CT molecular complexity index is 1590. The number of phenols is 1. The van der Waals surface area contributed by atoms with Crippen LogP contribution in [0.3, 0.4) is 0 Å². The zero-order chi connectivity index (χ0) is 25.2. The van der Waals surface area contributed by atoms with E-state index in [0.29, 0.717) is 46.3 Å². The molecule has 0 radical (unpaired) electrons. The Morgan fingerprint density at radius 3 is 2.42 bits per heavy atom. The predicted molar refractivity (Wildman–Crippen MR) is 137 cm³/mol. The third-order valence-corrected chi connectivity index (χ3v) is 5.91. The lowest BCUT2D eigenvalue weighted by molar-refractivity contribution is 0.415. The SMILES string of the molecule is COc1ccc(-c2nc(-c3cc(Cc4ccccc4)ccc3O)[nH]c2-c2oc(C)cc(=O)c2O)cc1. The summed E-state index contributed by atoms with van der Waals surface area (Å²) in [6, 6.07) is 23.8. The molecular weight excluding hydrogens is 456 g/mol. The van der Waals surface area contributed by atoms with Crippen molar-refractivity contribution in [3.8, 4) is 51.3 Å². The lowest BCUT2D eigenvalue weighted by atomic mass is 10.0. The number of aromatic amines is 1. The second-order valence-corrected chi connectivity index (χ2v) is 8.45. The van der Waals surface area contributed by atoms with Gasteiger partial charge in [-0.1, -0.05) is 36.4 Å². The normalized spacial score (nSPS) is 10.9. The summed E-state index contributed by atoms with van der Waals surface area (Å²) in [5.41, 5.74) is 3.53. The minimum atomic E-state index is -0.557. The van der Waals surface area contributed by atoms with Crippen LogP contribution in [0.5, 0.6) is 17.2 Å². The van der Waals surface area contributed by atoms with Crippen molar-refractivity contribution in [1.82, 2.24) is 9.97 Å². The maximum absolute atomic E-state index is 12.3. The van der Waals surface area contributed by atoms with E-state index >= 15 is 0 Å². The summed E-state index contributed by atoms with van der Waals surface area (Å²) in [6.07, 6.45) is 0.681. The maximum Gasteiger partial charge on any atom is 0.227 e. The van der Waals surface area contributed by atoms with Crippen molar-refractivity contribution in [1.29, 1.82) is 0 Å². The Labute approximate surface area is 207 Å². The van der Waals surface area contributed by atoms with Crippen molar-refractivity contribution in [3.05, 3.63) is 106 Å².